The van der Waals surface area contributed by atoms with Gasteiger partial charge < -0.3 is 29.5 Å². The fourth-order valence-electron chi connectivity index (χ4n) is 1.62. The van der Waals surface area contributed by atoms with E-state index in [1.165, 1.54) is 20.3 Å². The van der Waals surface area contributed by atoms with Crippen LogP contribution in [0.25, 0.3) is 0 Å². The highest BCUT2D eigenvalue weighted by molar-refractivity contribution is 6.37. The molecule has 9 heteroatoms. The van der Waals surface area contributed by atoms with Crippen molar-refractivity contribution in [3.05, 3.63) is 27.7 Å². The monoisotopic (exact) mass is 370 g/mol. The van der Waals surface area contributed by atoms with Crippen LogP contribution in [-0.4, -0.2) is 61.6 Å². The molecule has 132 valence electrons. The van der Waals surface area contributed by atoms with Gasteiger partial charge in [0.05, 0.1) is 37.0 Å². The van der Waals surface area contributed by atoms with Gasteiger partial charge in [-0.3, -0.25) is 0 Å². The van der Waals surface area contributed by atoms with Crippen molar-refractivity contribution in [1.82, 2.24) is 0 Å². The first kappa shape index (κ1) is 21.9. The van der Waals surface area contributed by atoms with Crippen molar-refractivity contribution in [2.45, 2.75) is 18.8 Å². The Morgan fingerprint density at radius 1 is 1.22 bits per heavy atom. The first-order valence-electron chi connectivity index (χ1n) is 6.43. The SMILES string of the molecule is CO.COC(=O)c1c(Cl)ccc(Cl)c1OC.OC1COC(O)C1. The summed E-state index contributed by atoms with van der Waals surface area (Å²) in [5.41, 5.74) is 0.143. The zero-order valence-corrected chi connectivity index (χ0v) is 14.5. The lowest BCUT2D eigenvalue weighted by Crippen LogP contribution is -2.05. The van der Waals surface area contributed by atoms with Crippen LogP contribution in [0.5, 0.6) is 5.75 Å². The van der Waals surface area contributed by atoms with E-state index < -0.39 is 18.4 Å². The van der Waals surface area contributed by atoms with Crippen molar-refractivity contribution in [3.63, 3.8) is 0 Å². The molecule has 0 amide bonds. The van der Waals surface area contributed by atoms with Crippen LogP contribution in [0.2, 0.25) is 10.0 Å². The number of methoxy groups -OCH3 is 2. The molecule has 23 heavy (non-hydrogen) atoms. The minimum Gasteiger partial charge on any atom is -0.494 e. The maximum Gasteiger partial charge on any atom is 0.343 e. The second kappa shape index (κ2) is 11.4. The lowest BCUT2D eigenvalue weighted by atomic mass is 10.2. The smallest absolute Gasteiger partial charge is 0.343 e. The molecule has 1 aliphatic heterocycles. The van der Waals surface area contributed by atoms with E-state index >= 15 is 0 Å². The molecule has 0 spiro atoms. The lowest BCUT2D eigenvalue weighted by molar-refractivity contribution is -0.0595. The summed E-state index contributed by atoms with van der Waals surface area (Å²) >= 11 is 11.6. The topological polar surface area (TPSA) is 105 Å². The Labute approximate surface area is 144 Å². The summed E-state index contributed by atoms with van der Waals surface area (Å²) in [6, 6.07) is 3.06. The summed E-state index contributed by atoms with van der Waals surface area (Å²) in [6.07, 6.45) is -0.815. The van der Waals surface area contributed by atoms with E-state index in [9.17, 15) is 4.79 Å². The molecule has 0 aromatic heterocycles. The predicted molar refractivity (Wildman–Crippen MR) is 85.1 cm³/mol. The molecule has 7 nitrogen and oxygen atoms in total. The van der Waals surface area contributed by atoms with Gasteiger partial charge in [-0.05, 0) is 12.1 Å². The van der Waals surface area contributed by atoms with E-state index in [2.05, 4.69) is 9.47 Å². The maximum atomic E-state index is 11.3. The van der Waals surface area contributed by atoms with Crippen LogP contribution >= 0.6 is 23.2 Å². The van der Waals surface area contributed by atoms with E-state index in [1.54, 1.807) is 6.07 Å². The van der Waals surface area contributed by atoms with Gasteiger partial charge in [-0.15, -0.1) is 0 Å². The number of hydrogen-bond donors (Lipinski definition) is 3. The average molecular weight is 371 g/mol. The normalized spacial score (nSPS) is 19.0. The number of aliphatic hydroxyl groups is 3. The fourth-order valence-corrected chi connectivity index (χ4v) is 2.08. The molecule has 1 aromatic carbocycles. The van der Waals surface area contributed by atoms with Crippen LogP contribution in [-0.2, 0) is 9.47 Å². The van der Waals surface area contributed by atoms with Crippen LogP contribution in [0.1, 0.15) is 16.8 Å². The lowest BCUT2D eigenvalue weighted by Gasteiger charge is -2.09. The van der Waals surface area contributed by atoms with E-state index in [4.69, 9.17) is 43.3 Å². The number of aliphatic hydroxyl groups excluding tert-OH is 3. The summed E-state index contributed by atoms with van der Waals surface area (Å²) in [5.74, 6) is -0.347. The van der Waals surface area contributed by atoms with Crippen molar-refractivity contribution in [3.8, 4) is 5.75 Å². The van der Waals surface area contributed by atoms with Crippen molar-refractivity contribution >= 4 is 29.2 Å². The molecule has 1 aromatic rings. The third-order valence-electron chi connectivity index (χ3n) is 2.61. The number of ether oxygens (including phenoxy) is 3. The summed E-state index contributed by atoms with van der Waals surface area (Å²) < 4.78 is 14.1. The van der Waals surface area contributed by atoms with Crippen molar-refractivity contribution in [2.75, 3.05) is 27.9 Å². The molecule has 1 aliphatic rings. The molecule has 0 radical (unpaired) electrons. The Hall–Kier alpha value is -1.09. The Bertz CT molecular complexity index is 488. The van der Waals surface area contributed by atoms with E-state index in [-0.39, 0.29) is 22.9 Å². The minimum absolute atomic E-state index is 0.143. The first-order chi connectivity index (χ1) is 10.9. The largest absolute Gasteiger partial charge is 0.494 e. The van der Waals surface area contributed by atoms with Gasteiger partial charge in [0.15, 0.2) is 12.0 Å². The van der Waals surface area contributed by atoms with Crippen LogP contribution in [0.4, 0.5) is 0 Å². The van der Waals surface area contributed by atoms with E-state index in [1.807, 2.05) is 0 Å². The Balaban J connectivity index is 0.000000449. The van der Waals surface area contributed by atoms with Crippen molar-refractivity contribution < 1.29 is 34.3 Å². The third kappa shape index (κ3) is 6.90. The molecule has 3 N–H and O–H groups in total. The van der Waals surface area contributed by atoms with Crippen molar-refractivity contribution in [2.24, 2.45) is 0 Å². The Morgan fingerprint density at radius 3 is 2.13 bits per heavy atom. The van der Waals surface area contributed by atoms with Gasteiger partial charge in [0, 0.05) is 13.5 Å². The maximum absolute atomic E-state index is 11.3. The predicted octanol–water partition coefficient (Wildman–Crippen LogP) is 1.48. The second-order valence-electron chi connectivity index (χ2n) is 4.11. The number of esters is 1. The van der Waals surface area contributed by atoms with E-state index in [0.29, 0.717) is 11.4 Å². The van der Waals surface area contributed by atoms with Gasteiger partial charge in [-0.2, -0.15) is 0 Å². The quantitative estimate of drug-likeness (QED) is 0.677. The molecule has 1 saturated heterocycles. The molecule has 2 rings (SSSR count). The van der Waals surface area contributed by atoms with Gasteiger partial charge in [0.1, 0.15) is 5.56 Å². The van der Waals surface area contributed by atoms with Crippen LogP contribution in [0.15, 0.2) is 12.1 Å². The zero-order chi connectivity index (χ0) is 18.0. The number of rotatable bonds is 2. The Kier molecular flexibility index (Phi) is 10.9. The highest BCUT2D eigenvalue weighted by Crippen LogP contribution is 2.34. The van der Waals surface area contributed by atoms with Gasteiger partial charge in [-0.1, -0.05) is 23.2 Å². The highest BCUT2D eigenvalue weighted by atomic mass is 35.5. The Morgan fingerprint density at radius 2 is 1.78 bits per heavy atom. The highest BCUT2D eigenvalue weighted by Gasteiger charge is 2.20. The van der Waals surface area contributed by atoms with Gasteiger partial charge in [0.2, 0.25) is 0 Å². The molecule has 1 heterocycles. The summed E-state index contributed by atoms with van der Waals surface area (Å²) in [4.78, 5) is 11.3. The average Bonchev–Trinajstić information content (AvgIpc) is 2.94. The standard InChI is InChI=1S/C9H8Cl2O3.C4H8O3.CH4O/c1-13-8-6(11)4-3-5(10)7(8)9(12)14-2;5-3-1-4(6)7-2-3;1-2/h3-4H,1-2H3;3-6H,1-2H2;2H,1H3. The molecule has 2 atom stereocenters. The number of carbonyl (C=O) groups excluding carboxylic acids is 1. The fraction of sp³-hybridized carbons (Fsp3) is 0.500. The van der Waals surface area contributed by atoms with Gasteiger partial charge in [-0.25, -0.2) is 4.79 Å². The summed E-state index contributed by atoms with van der Waals surface area (Å²) in [7, 11) is 3.67. The van der Waals surface area contributed by atoms with E-state index in [0.717, 1.165) is 7.11 Å². The molecule has 2 unspecified atom stereocenters. The van der Waals surface area contributed by atoms with Crippen LogP contribution in [0, 0.1) is 0 Å². The third-order valence-corrected chi connectivity index (χ3v) is 3.22. The van der Waals surface area contributed by atoms with Gasteiger partial charge >= 0.3 is 5.97 Å². The molecule has 1 fully saturated rings. The zero-order valence-electron chi connectivity index (χ0n) is 13.0. The number of carbonyl (C=O) groups is 1. The molecule has 0 bridgehead atoms. The van der Waals surface area contributed by atoms with Gasteiger partial charge in [0.25, 0.3) is 0 Å². The summed E-state index contributed by atoms with van der Waals surface area (Å²) in [6.45, 7) is 0.279. The molecule has 0 aliphatic carbocycles. The first-order valence-corrected chi connectivity index (χ1v) is 7.19. The summed E-state index contributed by atoms with van der Waals surface area (Å²) in [5, 5.41) is 24.7. The number of hydrogen-bond acceptors (Lipinski definition) is 7. The van der Waals surface area contributed by atoms with Crippen LogP contribution < -0.4 is 4.74 Å². The number of halogens is 2. The molecular weight excluding hydrogens is 351 g/mol. The second-order valence-corrected chi connectivity index (χ2v) is 4.92. The van der Waals surface area contributed by atoms with Crippen LogP contribution in [0.3, 0.4) is 0 Å². The minimum atomic E-state index is -0.727. The molecule has 0 saturated carbocycles. The van der Waals surface area contributed by atoms with Crippen molar-refractivity contribution in [1.29, 1.82) is 0 Å². The number of benzene rings is 1. The molecular formula is C14H20Cl2O7.